The number of halogens is 10. The molecule has 0 saturated heterocycles. The highest BCUT2D eigenvalue weighted by atomic mass is 19.4. The van der Waals surface area contributed by atoms with Crippen molar-refractivity contribution in [1.29, 1.82) is 0 Å². The van der Waals surface area contributed by atoms with Gasteiger partial charge in [-0.25, -0.2) is 0 Å². The molecule has 0 bridgehead atoms. The number of hydrogen-bond acceptors (Lipinski definition) is 2. The Morgan fingerprint density at radius 1 is 0.783 bits per heavy atom. The van der Waals surface area contributed by atoms with E-state index in [2.05, 4.69) is 0 Å². The van der Waals surface area contributed by atoms with Gasteiger partial charge in [0.25, 0.3) is 5.91 Å². The van der Waals surface area contributed by atoms with Gasteiger partial charge in [-0.15, -0.1) is 0 Å². The fourth-order valence-corrected chi connectivity index (χ4v) is 0.980. The van der Waals surface area contributed by atoms with E-state index in [1.165, 1.54) is 0 Å². The molecule has 0 fully saturated rings. The average Bonchev–Trinajstić information content (AvgIpc) is 2.32. The van der Waals surface area contributed by atoms with Crippen LogP contribution in [0.15, 0.2) is 0 Å². The predicted octanol–water partition coefficient (Wildman–Crippen LogP) is 2.00. The maximum atomic E-state index is 12.5. The Morgan fingerprint density at radius 2 is 1.13 bits per heavy atom. The lowest BCUT2D eigenvalue weighted by Gasteiger charge is -2.23. The van der Waals surface area contributed by atoms with Crippen molar-refractivity contribution in [3.8, 4) is 0 Å². The Bertz CT molecular complexity index is 456. The van der Waals surface area contributed by atoms with E-state index in [0.29, 0.717) is 6.92 Å². The first kappa shape index (κ1) is 21.2. The molecule has 2 N–H and O–H groups in total. The molecular formula is C9H8F10N2O2. The largest absolute Gasteiger partial charge is 0.463 e. The first-order chi connectivity index (χ1) is 9.94. The third-order valence-electron chi connectivity index (χ3n) is 2.23. The molecule has 0 saturated carbocycles. The maximum absolute atomic E-state index is 12.5. The van der Waals surface area contributed by atoms with E-state index in [1.54, 1.807) is 0 Å². The number of carbonyl (C=O) groups is 2. The van der Waals surface area contributed by atoms with Gasteiger partial charge >= 0.3 is 30.1 Å². The Balaban J connectivity index is 4.68. The van der Waals surface area contributed by atoms with Gasteiger partial charge in [0.05, 0.1) is 0 Å². The van der Waals surface area contributed by atoms with Crippen molar-refractivity contribution in [2.24, 2.45) is 0 Å². The summed E-state index contributed by atoms with van der Waals surface area (Å²) in [7, 11) is 0. The normalized spacial score (nSPS) is 15.1. The lowest BCUT2D eigenvalue weighted by atomic mass is 10.2. The minimum Gasteiger partial charge on any atom is -0.349 e. The van der Waals surface area contributed by atoms with Gasteiger partial charge in [0.2, 0.25) is 0 Å². The number of rotatable bonds is 5. The van der Waals surface area contributed by atoms with E-state index in [1.807, 2.05) is 0 Å². The fourth-order valence-electron chi connectivity index (χ4n) is 0.980. The molecule has 0 aromatic heterocycles. The zero-order valence-electron chi connectivity index (χ0n) is 10.9. The lowest BCUT2D eigenvalue weighted by Crippen LogP contribution is -2.56. The first-order valence-corrected chi connectivity index (χ1v) is 5.43. The summed E-state index contributed by atoms with van der Waals surface area (Å²) in [5, 5.41) is 2.00. The molecule has 1 atom stereocenters. The highest BCUT2D eigenvalue weighted by Crippen LogP contribution is 2.36. The Kier molecular flexibility index (Phi) is 5.90. The van der Waals surface area contributed by atoms with Crippen molar-refractivity contribution in [3.63, 3.8) is 0 Å². The molecule has 136 valence electrons. The highest BCUT2D eigenvalue weighted by molar-refractivity contribution is 5.85. The van der Waals surface area contributed by atoms with Crippen molar-refractivity contribution in [2.45, 2.75) is 37.2 Å². The van der Waals surface area contributed by atoms with E-state index in [0.717, 1.165) is 10.6 Å². The standard InChI is InChI=1S/C9H8F10N2O2/c1-3(21-5(23)7(12,13)9(17,18)19)2-20-4(22)6(10,11)8(14,15)16/h3H,2H2,1H3,(H,20,22)(H,21,23). The molecule has 0 aliphatic heterocycles. The molecule has 0 aromatic carbocycles. The molecule has 0 spiro atoms. The van der Waals surface area contributed by atoms with Gasteiger partial charge in [-0.2, -0.15) is 43.9 Å². The Hall–Kier alpha value is -1.76. The average molecular weight is 366 g/mol. The van der Waals surface area contributed by atoms with Crippen LogP contribution in [0.1, 0.15) is 6.92 Å². The van der Waals surface area contributed by atoms with Gasteiger partial charge in [-0.3, -0.25) is 9.59 Å². The molecule has 0 radical (unpaired) electrons. The molecule has 14 heteroatoms. The van der Waals surface area contributed by atoms with Crippen LogP contribution in [0.5, 0.6) is 0 Å². The molecule has 0 aliphatic rings. The van der Waals surface area contributed by atoms with Crippen molar-refractivity contribution < 1.29 is 53.5 Å². The molecule has 0 aromatic rings. The fraction of sp³-hybridized carbons (Fsp3) is 0.778. The first-order valence-electron chi connectivity index (χ1n) is 5.43. The molecule has 0 aliphatic carbocycles. The van der Waals surface area contributed by atoms with E-state index in [4.69, 9.17) is 0 Å². The summed E-state index contributed by atoms with van der Waals surface area (Å²) in [6.07, 6.45) is -12.5. The summed E-state index contributed by atoms with van der Waals surface area (Å²) in [6, 6.07) is -1.79. The summed E-state index contributed by atoms with van der Waals surface area (Å²) in [6.45, 7) is -0.555. The zero-order valence-corrected chi connectivity index (χ0v) is 10.9. The molecule has 0 heterocycles. The summed E-state index contributed by atoms with van der Waals surface area (Å²) < 4.78 is 121. The zero-order chi connectivity index (χ0) is 18.9. The van der Waals surface area contributed by atoms with Crippen molar-refractivity contribution in [2.75, 3.05) is 6.54 Å². The third kappa shape index (κ3) is 4.86. The van der Waals surface area contributed by atoms with Crippen molar-refractivity contribution in [1.82, 2.24) is 10.6 Å². The molecular weight excluding hydrogens is 358 g/mol. The molecule has 4 nitrogen and oxygen atoms in total. The van der Waals surface area contributed by atoms with E-state index in [-0.39, 0.29) is 0 Å². The second-order valence-corrected chi connectivity index (χ2v) is 4.23. The van der Waals surface area contributed by atoms with Gasteiger partial charge in [0.1, 0.15) is 0 Å². The summed E-state index contributed by atoms with van der Waals surface area (Å²) in [4.78, 5) is 21.3. The van der Waals surface area contributed by atoms with Gasteiger partial charge in [0.15, 0.2) is 0 Å². The van der Waals surface area contributed by atoms with Crippen molar-refractivity contribution in [3.05, 3.63) is 0 Å². The van der Waals surface area contributed by atoms with E-state index in [9.17, 15) is 53.5 Å². The number of amides is 2. The van der Waals surface area contributed by atoms with Crippen LogP contribution >= 0.6 is 0 Å². The van der Waals surface area contributed by atoms with Crippen LogP contribution in [0.25, 0.3) is 0 Å². The van der Waals surface area contributed by atoms with Crippen LogP contribution < -0.4 is 10.6 Å². The lowest BCUT2D eigenvalue weighted by molar-refractivity contribution is -0.270. The number of hydrogen-bond donors (Lipinski definition) is 2. The minimum atomic E-state index is -6.23. The number of nitrogens with one attached hydrogen (secondary N) is 2. The van der Waals surface area contributed by atoms with Crippen LogP contribution in [-0.4, -0.2) is 48.6 Å². The van der Waals surface area contributed by atoms with Gasteiger partial charge in [0, 0.05) is 12.6 Å². The van der Waals surface area contributed by atoms with Crippen molar-refractivity contribution >= 4 is 11.8 Å². The maximum Gasteiger partial charge on any atom is 0.463 e. The van der Waals surface area contributed by atoms with Crippen LogP contribution in [0.4, 0.5) is 43.9 Å². The number of alkyl halides is 10. The van der Waals surface area contributed by atoms with E-state index < -0.39 is 48.6 Å². The van der Waals surface area contributed by atoms with Crippen LogP contribution in [0.3, 0.4) is 0 Å². The smallest absolute Gasteiger partial charge is 0.349 e. The highest BCUT2D eigenvalue weighted by Gasteiger charge is 2.64. The molecule has 23 heavy (non-hydrogen) atoms. The third-order valence-corrected chi connectivity index (χ3v) is 2.23. The van der Waals surface area contributed by atoms with E-state index >= 15 is 0 Å². The second-order valence-electron chi connectivity index (χ2n) is 4.23. The van der Waals surface area contributed by atoms with Gasteiger partial charge in [-0.1, -0.05) is 0 Å². The Morgan fingerprint density at radius 3 is 1.48 bits per heavy atom. The SMILES string of the molecule is CC(CNC(=O)C(F)(F)C(F)(F)F)NC(=O)C(F)(F)C(F)(F)F. The topological polar surface area (TPSA) is 58.2 Å². The van der Waals surface area contributed by atoms with Crippen LogP contribution in [0.2, 0.25) is 0 Å². The van der Waals surface area contributed by atoms with Gasteiger partial charge < -0.3 is 10.6 Å². The molecule has 1 unspecified atom stereocenters. The summed E-state index contributed by atoms with van der Waals surface area (Å²) in [5.74, 6) is -17.3. The van der Waals surface area contributed by atoms with Crippen LogP contribution in [0, 0.1) is 0 Å². The summed E-state index contributed by atoms with van der Waals surface area (Å²) >= 11 is 0. The number of carbonyl (C=O) groups excluding carboxylic acids is 2. The monoisotopic (exact) mass is 366 g/mol. The molecule has 2 amide bonds. The summed E-state index contributed by atoms with van der Waals surface area (Å²) in [5.41, 5.74) is 0. The Labute approximate surface area is 121 Å². The quantitative estimate of drug-likeness (QED) is 0.732. The van der Waals surface area contributed by atoms with Gasteiger partial charge in [-0.05, 0) is 6.92 Å². The van der Waals surface area contributed by atoms with Crippen LogP contribution in [-0.2, 0) is 9.59 Å². The second kappa shape index (κ2) is 6.39. The minimum absolute atomic E-state index is 0.691. The predicted molar refractivity (Wildman–Crippen MR) is 52.6 cm³/mol. The molecule has 0 rings (SSSR count).